The minimum absolute atomic E-state index is 0.0335. The molecule has 0 saturated heterocycles. The van der Waals surface area contributed by atoms with Gasteiger partial charge >= 0.3 is 0 Å². The smallest absolute Gasteiger partial charge is 0.125 e. The van der Waals surface area contributed by atoms with Crippen LogP contribution in [-0.2, 0) is 13.2 Å². The van der Waals surface area contributed by atoms with Gasteiger partial charge in [-0.2, -0.15) is 0 Å². The number of nitrogens with two attached hydrogens (primary N) is 1. The van der Waals surface area contributed by atoms with Crippen LogP contribution in [0.1, 0.15) is 11.1 Å². The molecule has 0 unspecified atom stereocenters. The van der Waals surface area contributed by atoms with Gasteiger partial charge in [0.15, 0.2) is 0 Å². The maximum absolute atomic E-state index is 9.21. The molecule has 3 N–H and O–H groups in total. The maximum atomic E-state index is 9.21. The molecule has 0 aromatic heterocycles. The molecule has 0 fully saturated rings. The molecule has 2 rings (SSSR count). The molecule has 0 aliphatic carbocycles. The van der Waals surface area contributed by atoms with Crippen molar-refractivity contribution >= 4 is 21.6 Å². The predicted molar refractivity (Wildman–Crippen MR) is 75.3 cm³/mol. The molecule has 2 aromatic carbocycles. The Morgan fingerprint density at radius 2 is 1.78 bits per heavy atom. The first-order valence-corrected chi connectivity index (χ1v) is 6.36. The molecule has 0 bridgehead atoms. The molecule has 0 radical (unpaired) electrons. The third-order valence-corrected chi connectivity index (χ3v) is 3.60. The number of aliphatic hydroxyl groups is 1. The van der Waals surface area contributed by atoms with Gasteiger partial charge in [-0.05, 0) is 28.1 Å². The van der Waals surface area contributed by atoms with Crippen molar-refractivity contribution in [2.24, 2.45) is 0 Å². The Kier molecular flexibility index (Phi) is 4.23. The van der Waals surface area contributed by atoms with E-state index in [0.717, 1.165) is 15.6 Å². The second-order valence-corrected chi connectivity index (χ2v) is 4.67. The third kappa shape index (κ3) is 2.83. The maximum Gasteiger partial charge on any atom is 0.125 e. The Labute approximate surface area is 114 Å². The quantitative estimate of drug-likeness (QED) is 0.853. The van der Waals surface area contributed by atoms with Crippen LogP contribution < -0.4 is 10.5 Å². The summed E-state index contributed by atoms with van der Waals surface area (Å²) >= 11 is 3.43. The van der Waals surface area contributed by atoms with Crippen LogP contribution in [0, 0.1) is 0 Å². The minimum Gasteiger partial charge on any atom is -0.488 e. The summed E-state index contributed by atoms with van der Waals surface area (Å²) in [6, 6.07) is 13.1. The Bertz CT molecular complexity index is 543. The van der Waals surface area contributed by atoms with E-state index in [9.17, 15) is 5.11 Å². The van der Waals surface area contributed by atoms with E-state index in [1.54, 1.807) is 0 Å². The second-order valence-electron chi connectivity index (χ2n) is 3.87. The lowest BCUT2D eigenvalue weighted by atomic mass is 10.2. The average Bonchev–Trinajstić information content (AvgIpc) is 2.41. The van der Waals surface area contributed by atoms with Crippen molar-refractivity contribution in [2.45, 2.75) is 13.2 Å². The summed E-state index contributed by atoms with van der Waals surface area (Å²) < 4.78 is 6.56. The van der Waals surface area contributed by atoms with Crippen LogP contribution in [0.25, 0.3) is 0 Å². The first-order valence-electron chi connectivity index (χ1n) is 5.57. The molecular weight excluding hydrogens is 294 g/mol. The van der Waals surface area contributed by atoms with Gasteiger partial charge in [-0.1, -0.05) is 30.3 Å². The van der Waals surface area contributed by atoms with Crippen LogP contribution in [0.3, 0.4) is 0 Å². The normalized spacial score (nSPS) is 10.3. The van der Waals surface area contributed by atoms with Gasteiger partial charge in [0.25, 0.3) is 0 Å². The zero-order valence-electron chi connectivity index (χ0n) is 9.77. The van der Waals surface area contributed by atoms with Gasteiger partial charge in [-0.25, -0.2) is 0 Å². The van der Waals surface area contributed by atoms with E-state index in [0.29, 0.717) is 18.0 Å². The zero-order chi connectivity index (χ0) is 13.0. The number of hydrogen-bond donors (Lipinski definition) is 2. The largest absolute Gasteiger partial charge is 0.488 e. The lowest BCUT2D eigenvalue weighted by Crippen LogP contribution is -2.00. The summed E-state index contributed by atoms with van der Waals surface area (Å²) in [5, 5.41) is 9.21. The summed E-state index contributed by atoms with van der Waals surface area (Å²) in [4.78, 5) is 0. The second kappa shape index (κ2) is 5.89. The molecule has 0 aliphatic heterocycles. The Morgan fingerprint density at radius 3 is 2.56 bits per heavy atom. The summed E-state index contributed by atoms with van der Waals surface area (Å²) in [5.41, 5.74) is 8.24. The van der Waals surface area contributed by atoms with Gasteiger partial charge in [0.05, 0.1) is 6.61 Å². The topological polar surface area (TPSA) is 55.5 Å². The molecular formula is C14H14BrNO2. The molecule has 3 nitrogen and oxygen atoms in total. The van der Waals surface area contributed by atoms with Crippen LogP contribution in [0.5, 0.6) is 5.75 Å². The molecule has 4 heteroatoms. The van der Waals surface area contributed by atoms with Crippen molar-refractivity contribution in [3.05, 3.63) is 58.1 Å². The van der Waals surface area contributed by atoms with E-state index in [-0.39, 0.29) is 6.61 Å². The van der Waals surface area contributed by atoms with Crippen molar-refractivity contribution in [3.63, 3.8) is 0 Å². The third-order valence-electron chi connectivity index (χ3n) is 2.63. The molecule has 94 valence electrons. The van der Waals surface area contributed by atoms with E-state index < -0.39 is 0 Å². The molecule has 0 saturated carbocycles. The first kappa shape index (κ1) is 12.9. The van der Waals surface area contributed by atoms with Crippen molar-refractivity contribution < 1.29 is 9.84 Å². The Hall–Kier alpha value is -1.52. The van der Waals surface area contributed by atoms with Crippen LogP contribution in [0.15, 0.2) is 46.9 Å². The number of para-hydroxylation sites is 1. The molecule has 18 heavy (non-hydrogen) atoms. The van der Waals surface area contributed by atoms with Gasteiger partial charge in [0.2, 0.25) is 0 Å². The number of halogens is 1. The number of nitrogen functional groups attached to an aromatic ring is 1. The molecule has 0 spiro atoms. The number of rotatable bonds is 4. The monoisotopic (exact) mass is 307 g/mol. The highest BCUT2D eigenvalue weighted by Gasteiger charge is 2.06. The average molecular weight is 308 g/mol. The highest BCUT2D eigenvalue weighted by atomic mass is 79.9. The fraction of sp³-hybridized carbons (Fsp3) is 0.143. The van der Waals surface area contributed by atoms with E-state index in [2.05, 4.69) is 15.9 Å². The number of anilines is 1. The van der Waals surface area contributed by atoms with E-state index >= 15 is 0 Å². The summed E-state index contributed by atoms with van der Waals surface area (Å²) in [6.45, 7) is 0.372. The number of hydrogen-bond acceptors (Lipinski definition) is 3. The standard InChI is InChI=1S/C14H14BrNO2/c15-14-11(5-3-6-12(14)16)9-18-13-7-2-1-4-10(13)8-17/h1-7,17H,8-9,16H2. The van der Waals surface area contributed by atoms with E-state index in [4.69, 9.17) is 10.5 Å². The van der Waals surface area contributed by atoms with Crippen molar-refractivity contribution in [1.82, 2.24) is 0 Å². The van der Waals surface area contributed by atoms with Gasteiger partial charge in [-0.3, -0.25) is 0 Å². The van der Waals surface area contributed by atoms with Crippen molar-refractivity contribution in [1.29, 1.82) is 0 Å². The van der Waals surface area contributed by atoms with Crippen LogP contribution in [0.4, 0.5) is 5.69 Å². The predicted octanol–water partition coefficient (Wildman–Crippen LogP) is 3.10. The minimum atomic E-state index is -0.0335. The Balaban J connectivity index is 2.14. The van der Waals surface area contributed by atoms with E-state index in [1.165, 1.54) is 0 Å². The zero-order valence-corrected chi connectivity index (χ0v) is 11.4. The van der Waals surface area contributed by atoms with Gasteiger partial charge in [-0.15, -0.1) is 0 Å². The summed E-state index contributed by atoms with van der Waals surface area (Å²) in [6.07, 6.45) is 0. The molecule has 0 heterocycles. The van der Waals surface area contributed by atoms with Gasteiger partial charge in [0, 0.05) is 21.3 Å². The molecule has 2 aromatic rings. The SMILES string of the molecule is Nc1cccc(COc2ccccc2CO)c1Br. The van der Waals surface area contributed by atoms with Crippen LogP contribution in [-0.4, -0.2) is 5.11 Å². The Morgan fingerprint density at radius 1 is 1.06 bits per heavy atom. The van der Waals surface area contributed by atoms with Gasteiger partial charge in [0.1, 0.15) is 12.4 Å². The lowest BCUT2D eigenvalue weighted by molar-refractivity contribution is 0.259. The number of benzene rings is 2. The van der Waals surface area contributed by atoms with Crippen molar-refractivity contribution in [3.8, 4) is 5.75 Å². The number of ether oxygens (including phenoxy) is 1. The van der Waals surface area contributed by atoms with Crippen LogP contribution >= 0.6 is 15.9 Å². The molecule has 0 aliphatic rings. The van der Waals surface area contributed by atoms with E-state index in [1.807, 2.05) is 42.5 Å². The fourth-order valence-electron chi connectivity index (χ4n) is 1.64. The first-order chi connectivity index (χ1) is 8.72. The van der Waals surface area contributed by atoms with Crippen molar-refractivity contribution in [2.75, 3.05) is 5.73 Å². The highest BCUT2D eigenvalue weighted by Crippen LogP contribution is 2.26. The molecule has 0 atom stereocenters. The van der Waals surface area contributed by atoms with Crippen LogP contribution in [0.2, 0.25) is 0 Å². The fourth-order valence-corrected chi connectivity index (χ4v) is 2.02. The van der Waals surface area contributed by atoms with Gasteiger partial charge < -0.3 is 15.6 Å². The molecule has 0 amide bonds. The summed E-state index contributed by atoms with van der Waals surface area (Å²) in [7, 11) is 0. The summed E-state index contributed by atoms with van der Waals surface area (Å²) in [5.74, 6) is 0.689. The highest BCUT2D eigenvalue weighted by molar-refractivity contribution is 9.10. The lowest BCUT2D eigenvalue weighted by Gasteiger charge is -2.11. The number of aliphatic hydroxyl groups excluding tert-OH is 1.